The first-order chi connectivity index (χ1) is 14.6. The molecule has 0 aliphatic carbocycles. The Bertz CT molecular complexity index is 774. The summed E-state index contributed by atoms with van der Waals surface area (Å²) in [7, 11) is 3.19. The molecule has 1 aromatic carbocycles. The molecule has 0 atom stereocenters. The summed E-state index contributed by atoms with van der Waals surface area (Å²) < 4.78 is 16.6. The summed E-state index contributed by atoms with van der Waals surface area (Å²) in [4.78, 5) is 9.07. The lowest BCUT2D eigenvalue weighted by Crippen LogP contribution is -2.39. The third-order valence-corrected chi connectivity index (χ3v) is 4.86. The Morgan fingerprint density at radius 2 is 1.68 bits per heavy atom. The van der Waals surface area contributed by atoms with Crippen molar-refractivity contribution >= 4 is 29.9 Å². The quantitative estimate of drug-likeness (QED) is 0.237. The van der Waals surface area contributed by atoms with Gasteiger partial charge < -0.3 is 24.8 Å². The fourth-order valence-corrected chi connectivity index (χ4v) is 2.92. The molecule has 2 N–H and O–H groups in total. The van der Waals surface area contributed by atoms with Gasteiger partial charge in [0.25, 0.3) is 0 Å². The Morgan fingerprint density at radius 1 is 1.00 bits per heavy atom. The molecule has 0 aliphatic rings. The molecule has 31 heavy (non-hydrogen) atoms. The minimum absolute atomic E-state index is 0. The minimum atomic E-state index is 0. The number of aromatic nitrogens is 1. The fourth-order valence-electron chi connectivity index (χ4n) is 2.92. The number of nitrogens with zero attached hydrogens (tertiary/aromatic N) is 2. The zero-order valence-electron chi connectivity index (χ0n) is 19.1. The molecule has 1 aromatic heterocycles. The van der Waals surface area contributed by atoms with E-state index >= 15 is 0 Å². The van der Waals surface area contributed by atoms with Crippen LogP contribution in [-0.4, -0.2) is 38.3 Å². The SMILES string of the molecule is CCNC(=NCc1ccc(Oc2c(OC)cccc2OC)nc1)NCC(CC)CC.I. The largest absolute Gasteiger partial charge is 0.493 e. The number of rotatable bonds is 11. The van der Waals surface area contributed by atoms with Gasteiger partial charge in [-0.1, -0.05) is 38.8 Å². The number of hydrogen-bond donors (Lipinski definition) is 2. The van der Waals surface area contributed by atoms with Gasteiger partial charge in [-0.25, -0.2) is 9.98 Å². The molecule has 2 rings (SSSR count). The van der Waals surface area contributed by atoms with Crippen LogP contribution in [0.1, 0.15) is 39.2 Å². The molecule has 0 spiro atoms. The van der Waals surface area contributed by atoms with Crippen molar-refractivity contribution < 1.29 is 14.2 Å². The van der Waals surface area contributed by atoms with E-state index in [9.17, 15) is 0 Å². The number of guanidine groups is 1. The number of hydrogen-bond acceptors (Lipinski definition) is 5. The minimum Gasteiger partial charge on any atom is -0.493 e. The van der Waals surface area contributed by atoms with E-state index in [1.165, 1.54) is 0 Å². The highest BCUT2D eigenvalue weighted by Gasteiger charge is 2.13. The van der Waals surface area contributed by atoms with Crippen molar-refractivity contribution in [3.05, 3.63) is 42.1 Å². The first kappa shape index (κ1) is 26.8. The van der Waals surface area contributed by atoms with Crippen LogP contribution in [-0.2, 0) is 6.54 Å². The van der Waals surface area contributed by atoms with E-state index in [4.69, 9.17) is 14.2 Å². The van der Waals surface area contributed by atoms with Crippen molar-refractivity contribution in [2.75, 3.05) is 27.3 Å². The maximum atomic E-state index is 5.91. The van der Waals surface area contributed by atoms with Crippen LogP contribution >= 0.6 is 24.0 Å². The van der Waals surface area contributed by atoms with Crippen LogP contribution in [0, 0.1) is 5.92 Å². The first-order valence-electron chi connectivity index (χ1n) is 10.5. The topological polar surface area (TPSA) is 77.0 Å². The molecule has 8 heteroatoms. The number of ether oxygens (including phenoxy) is 3. The Morgan fingerprint density at radius 3 is 2.19 bits per heavy atom. The van der Waals surface area contributed by atoms with Gasteiger partial charge in [0, 0.05) is 25.4 Å². The summed E-state index contributed by atoms with van der Waals surface area (Å²) in [6, 6.07) is 9.26. The summed E-state index contributed by atoms with van der Waals surface area (Å²) in [5, 5.41) is 6.72. The van der Waals surface area contributed by atoms with Gasteiger partial charge in [-0.3, -0.25) is 0 Å². The molecule has 0 saturated heterocycles. The van der Waals surface area contributed by atoms with Crippen LogP contribution in [0.4, 0.5) is 0 Å². The number of benzene rings is 1. The zero-order valence-corrected chi connectivity index (χ0v) is 21.4. The lowest BCUT2D eigenvalue weighted by Gasteiger charge is -2.16. The molecule has 2 aromatic rings. The van der Waals surface area contributed by atoms with E-state index in [0.717, 1.165) is 37.5 Å². The number of methoxy groups -OCH3 is 2. The predicted molar refractivity (Wildman–Crippen MR) is 136 cm³/mol. The standard InChI is InChI=1S/C23H34N4O3.HI/c1-6-17(7-2)14-26-23(24-8-3)27-16-18-12-13-21(25-15-18)30-22-19(28-4)10-9-11-20(22)29-5;/h9-13,15,17H,6-8,14,16H2,1-5H3,(H2,24,26,27);1H. The highest BCUT2D eigenvalue weighted by molar-refractivity contribution is 14.0. The molecule has 7 nitrogen and oxygen atoms in total. The van der Waals surface area contributed by atoms with Crippen molar-refractivity contribution in [1.82, 2.24) is 15.6 Å². The van der Waals surface area contributed by atoms with E-state index < -0.39 is 0 Å². The van der Waals surface area contributed by atoms with Crippen LogP contribution in [0.3, 0.4) is 0 Å². The summed E-state index contributed by atoms with van der Waals surface area (Å²) in [6.07, 6.45) is 4.09. The highest BCUT2D eigenvalue weighted by atomic mass is 127. The van der Waals surface area contributed by atoms with Gasteiger partial charge in [0.2, 0.25) is 11.6 Å². The van der Waals surface area contributed by atoms with Gasteiger partial charge in [0.15, 0.2) is 17.5 Å². The smallest absolute Gasteiger partial charge is 0.219 e. The van der Waals surface area contributed by atoms with Crippen molar-refractivity contribution in [2.45, 2.75) is 40.2 Å². The molecule has 0 aliphatic heterocycles. The molecule has 0 bridgehead atoms. The van der Waals surface area contributed by atoms with Gasteiger partial charge in [0.05, 0.1) is 20.8 Å². The van der Waals surface area contributed by atoms with Crippen LogP contribution in [0.5, 0.6) is 23.1 Å². The monoisotopic (exact) mass is 542 g/mol. The highest BCUT2D eigenvalue weighted by Crippen LogP contribution is 2.39. The maximum absolute atomic E-state index is 5.91. The lowest BCUT2D eigenvalue weighted by atomic mass is 10.0. The average Bonchev–Trinajstić information content (AvgIpc) is 2.79. The summed E-state index contributed by atoms with van der Waals surface area (Å²) in [5.74, 6) is 3.61. The number of halogens is 1. The molecule has 0 fully saturated rings. The van der Waals surface area contributed by atoms with Crippen molar-refractivity contribution in [3.63, 3.8) is 0 Å². The summed E-state index contributed by atoms with van der Waals surface area (Å²) in [6.45, 7) is 8.77. The Balaban J connectivity index is 0.00000480. The van der Waals surface area contributed by atoms with Gasteiger partial charge in [0.1, 0.15) is 0 Å². The van der Waals surface area contributed by atoms with Crippen molar-refractivity contribution in [3.8, 4) is 23.1 Å². The Hall–Kier alpha value is -2.23. The number of para-hydroxylation sites is 1. The molecule has 1 heterocycles. The fraction of sp³-hybridized carbons (Fsp3) is 0.478. The molecular formula is C23H35IN4O3. The van der Waals surface area contributed by atoms with Crippen LogP contribution in [0.25, 0.3) is 0 Å². The molecule has 0 radical (unpaired) electrons. The van der Waals surface area contributed by atoms with E-state index in [2.05, 4.69) is 41.4 Å². The zero-order chi connectivity index (χ0) is 21.8. The second-order valence-electron chi connectivity index (χ2n) is 6.86. The third-order valence-electron chi connectivity index (χ3n) is 4.86. The maximum Gasteiger partial charge on any atom is 0.219 e. The molecule has 0 saturated carbocycles. The van der Waals surface area contributed by atoms with Crippen LogP contribution in [0.15, 0.2) is 41.5 Å². The Kier molecular flexibility index (Phi) is 12.7. The molecule has 0 amide bonds. The lowest BCUT2D eigenvalue weighted by molar-refractivity contribution is 0.342. The second kappa shape index (κ2) is 14.7. The first-order valence-corrected chi connectivity index (χ1v) is 10.5. The number of aliphatic imine (C=N–C) groups is 1. The van der Waals surface area contributed by atoms with Gasteiger partial charge in [-0.2, -0.15) is 0 Å². The van der Waals surface area contributed by atoms with Crippen LogP contribution < -0.4 is 24.8 Å². The van der Waals surface area contributed by atoms with Crippen LogP contribution in [0.2, 0.25) is 0 Å². The van der Waals surface area contributed by atoms with E-state index in [1.54, 1.807) is 20.4 Å². The number of nitrogens with one attached hydrogen (secondary N) is 2. The van der Waals surface area contributed by atoms with Crippen molar-refractivity contribution in [1.29, 1.82) is 0 Å². The summed E-state index contributed by atoms with van der Waals surface area (Å²) in [5.41, 5.74) is 0.995. The molecule has 172 valence electrons. The second-order valence-corrected chi connectivity index (χ2v) is 6.86. The van der Waals surface area contributed by atoms with Gasteiger partial charge >= 0.3 is 0 Å². The number of pyridine rings is 1. The molecule has 0 unspecified atom stereocenters. The Labute approximate surface area is 203 Å². The van der Waals surface area contributed by atoms with E-state index in [1.807, 2.05) is 30.3 Å². The van der Waals surface area contributed by atoms with Gasteiger partial charge in [-0.05, 0) is 30.5 Å². The normalized spacial score (nSPS) is 11.0. The van der Waals surface area contributed by atoms with Gasteiger partial charge in [-0.15, -0.1) is 24.0 Å². The van der Waals surface area contributed by atoms with Crippen molar-refractivity contribution in [2.24, 2.45) is 10.9 Å². The van der Waals surface area contributed by atoms with E-state index in [-0.39, 0.29) is 24.0 Å². The predicted octanol–water partition coefficient (Wildman–Crippen LogP) is 5.00. The summed E-state index contributed by atoms with van der Waals surface area (Å²) >= 11 is 0. The average molecular weight is 542 g/mol. The third kappa shape index (κ3) is 8.43. The molecular weight excluding hydrogens is 507 g/mol. The van der Waals surface area contributed by atoms with E-state index in [0.29, 0.717) is 35.6 Å².